The van der Waals surface area contributed by atoms with Crippen molar-refractivity contribution in [2.24, 2.45) is 0 Å². The Kier molecular flexibility index (Phi) is 4.81. The van der Waals surface area contributed by atoms with Gasteiger partial charge in [-0.1, -0.05) is 46.2 Å². The second-order valence-electron chi connectivity index (χ2n) is 7.35. The van der Waals surface area contributed by atoms with Crippen molar-refractivity contribution in [2.45, 2.75) is 44.6 Å². The summed E-state index contributed by atoms with van der Waals surface area (Å²) < 4.78 is 33.0. The normalized spacial score (nSPS) is 17.9. The lowest BCUT2D eigenvalue weighted by Gasteiger charge is -2.23. The average Bonchev–Trinajstić information content (AvgIpc) is 3.31. The fourth-order valence-electron chi connectivity index (χ4n) is 3.83. The van der Waals surface area contributed by atoms with Crippen molar-refractivity contribution < 1.29 is 13.0 Å². The van der Waals surface area contributed by atoms with Crippen LogP contribution in [0.5, 0.6) is 0 Å². The van der Waals surface area contributed by atoms with Crippen molar-refractivity contribution >= 4 is 10.0 Å². The molecule has 28 heavy (non-hydrogen) atoms. The van der Waals surface area contributed by atoms with Crippen molar-refractivity contribution in [2.75, 3.05) is 6.54 Å². The first kappa shape index (κ1) is 18.8. The number of rotatable bonds is 4. The fraction of sp³-hybridized carbons (Fsp3) is 0.333. The number of sulfonamides is 1. The molecule has 0 radical (unpaired) electrons. The smallest absolute Gasteiger partial charge is 0.243 e. The second-order valence-corrected chi connectivity index (χ2v) is 9.24. The highest BCUT2D eigenvalue weighted by molar-refractivity contribution is 7.89. The van der Waals surface area contributed by atoms with E-state index in [2.05, 4.69) is 34.6 Å². The van der Waals surface area contributed by atoms with Crippen LogP contribution in [0.2, 0.25) is 0 Å². The maximum atomic E-state index is 13.3. The summed E-state index contributed by atoms with van der Waals surface area (Å²) >= 11 is 0. The van der Waals surface area contributed by atoms with Gasteiger partial charge in [0.1, 0.15) is 11.4 Å². The zero-order chi connectivity index (χ0) is 19.9. The number of aromatic nitrogens is 2. The van der Waals surface area contributed by atoms with Crippen molar-refractivity contribution in [3.63, 3.8) is 0 Å². The summed E-state index contributed by atoms with van der Waals surface area (Å²) in [4.78, 5) is 0.307. The minimum absolute atomic E-state index is 0.307. The highest BCUT2D eigenvalue weighted by Gasteiger charge is 2.38. The van der Waals surface area contributed by atoms with Gasteiger partial charge in [0, 0.05) is 6.54 Å². The Labute approximate surface area is 165 Å². The Morgan fingerprint density at radius 1 is 1.04 bits per heavy atom. The van der Waals surface area contributed by atoms with E-state index in [4.69, 9.17) is 4.63 Å². The standard InChI is InChI=1S/C21H23N3O3S/c1-14-6-8-17(9-7-14)19-11-10-18(13-15(19)2)28(25,26)24-12-4-5-20(24)21-16(3)22-27-23-21/h6-11,13,20H,4-5,12H2,1-3H3. The first-order valence-electron chi connectivity index (χ1n) is 9.36. The minimum atomic E-state index is -3.63. The Bertz CT molecular complexity index is 1100. The van der Waals surface area contributed by atoms with Crippen LogP contribution in [0.3, 0.4) is 0 Å². The van der Waals surface area contributed by atoms with E-state index >= 15 is 0 Å². The highest BCUT2D eigenvalue weighted by atomic mass is 32.2. The topological polar surface area (TPSA) is 76.3 Å². The molecule has 2 heterocycles. The van der Waals surface area contributed by atoms with Crippen molar-refractivity contribution in [3.05, 3.63) is 65.0 Å². The fourth-order valence-corrected chi connectivity index (χ4v) is 5.58. The molecule has 1 aliphatic rings. The Morgan fingerprint density at radius 2 is 1.79 bits per heavy atom. The lowest BCUT2D eigenvalue weighted by atomic mass is 10.00. The SMILES string of the molecule is Cc1ccc(-c2ccc(S(=O)(=O)N3CCCC3c3nonc3C)cc2C)cc1. The molecule has 1 unspecified atom stereocenters. The molecular weight excluding hydrogens is 374 g/mol. The Hall–Kier alpha value is -2.51. The second kappa shape index (κ2) is 7.14. The van der Waals surface area contributed by atoms with Crippen LogP contribution in [-0.2, 0) is 10.0 Å². The number of nitrogens with zero attached hydrogens (tertiary/aromatic N) is 3. The third kappa shape index (κ3) is 3.25. The lowest BCUT2D eigenvalue weighted by molar-refractivity contribution is 0.291. The van der Waals surface area contributed by atoms with Crippen molar-refractivity contribution in [3.8, 4) is 11.1 Å². The van der Waals surface area contributed by atoms with E-state index in [0.29, 0.717) is 29.2 Å². The molecule has 146 valence electrons. The minimum Gasteiger partial charge on any atom is -0.244 e. The van der Waals surface area contributed by atoms with E-state index in [9.17, 15) is 8.42 Å². The largest absolute Gasteiger partial charge is 0.244 e. The highest BCUT2D eigenvalue weighted by Crippen LogP contribution is 2.37. The Morgan fingerprint density at radius 3 is 2.43 bits per heavy atom. The number of hydrogen-bond donors (Lipinski definition) is 0. The van der Waals surface area contributed by atoms with Gasteiger partial charge in [0.05, 0.1) is 10.9 Å². The van der Waals surface area contributed by atoms with Crippen LogP contribution in [0.1, 0.15) is 41.4 Å². The molecular formula is C21H23N3O3S. The summed E-state index contributed by atoms with van der Waals surface area (Å²) in [6.45, 7) is 6.25. The molecule has 7 heteroatoms. The summed E-state index contributed by atoms with van der Waals surface area (Å²) in [5.74, 6) is 0. The van der Waals surface area contributed by atoms with Crippen LogP contribution in [-0.4, -0.2) is 29.6 Å². The van der Waals surface area contributed by atoms with E-state index in [1.54, 1.807) is 19.1 Å². The predicted molar refractivity (Wildman–Crippen MR) is 106 cm³/mol. The first-order valence-corrected chi connectivity index (χ1v) is 10.8. The quantitative estimate of drug-likeness (QED) is 0.660. The molecule has 2 aromatic carbocycles. The number of aryl methyl sites for hydroxylation is 3. The molecule has 0 N–H and O–H groups in total. The summed E-state index contributed by atoms with van der Waals surface area (Å²) in [6, 6.07) is 13.2. The van der Waals surface area contributed by atoms with E-state index in [0.717, 1.165) is 23.1 Å². The average molecular weight is 398 g/mol. The first-order chi connectivity index (χ1) is 13.4. The van der Waals surface area contributed by atoms with Gasteiger partial charge in [-0.15, -0.1) is 0 Å². The molecule has 0 spiro atoms. The molecule has 1 fully saturated rings. The molecule has 1 aromatic heterocycles. The monoisotopic (exact) mass is 397 g/mol. The molecule has 1 saturated heterocycles. The molecule has 4 rings (SSSR count). The summed E-state index contributed by atoms with van der Waals surface area (Å²) in [6.07, 6.45) is 1.51. The summed E-state index contributed by atoms with van der Waals surface area (Å²) in [5, 5.41) is 7.75. The molecule has 6 nitrogen and oxygen atoms in total. The van der Waals surface area contributed by atoms with Crippen LogP contribution in [0.4, 0.5) is 0 Å². The molecule has 1 atom stereocenters. The molecule has 0 bridgehead atoms. The van der Waals surface area contributed by atoms with Crippen LogP contribution in [0.25, 0.3) is 11.1 Å². The van der Waals surface area contributed by atoms with Gasteiger partial charge < -0.3 is 0 Å². The lowest BCUT2D eigenvalue weighted by Crippen LogP contribution is -2.31. The van der Waals surface area contributed by atoms with Crippen molar-refractivity contribution in [1.82, 2.24) is 14.6 Å². The van der Waals surface area contributed by atoms with Gasteiger partial charge in [-0.25, -0.2) is 13.0 Å². The predicted octanol–water partition coefficient (Wildman–Crippen LogP) is 4.19. The van der Waals surface area contributed by atoms with Gasteiger partial charge in [-0.05, 0) is 62.4 Å². The van der Waals surface area contributed by atoms with Crippen LogP contribution in [0.15, 0.2) is 52.0 Å². The van der Waals surface area contributed by atoms with Crippen LogP contribution < -0.4 is 0 Å². The van der Waals surface area contributed by atoms with E-state index < -0.39 is 10.0 Å². The molecule has 1 aliphatic heterocycles. The summed E-state index contributed by atoms with van der Waals surface area (Å²) in [5.41, 5.74) is 5.48. The van der Waals surface area contributed by atoms with Gasteiger partial charge >= 0.3 is 0 Å². The maximum Gasteiger partial charge on any atom is 0.243 e. The van der Waals surface area contributed by atoms with E-state index in [1.165, 1.54) is 9.87 Å². The third-order valence-electron chi connectivity index (χ3n) is 5.37. The zero-order valence-corrected chi connectivity index (χ0v) is 17.0. The molecule has 0 aliphatic carbocycles. The van der Waals surface area contributed by atoms with Gasteiger partial charge in [0.15, 0.2) is 0 Å². The van der Waals surface area contributed by atoms with E-state index in [1.807, 2.05) is 19.9 Å². The van der Waals surface area contributed by atoms with Gasteiger partial charge in [-0.3, -0.25) is 0 Å². The maximum absolute atomic E-state index is 13.3. The number of hydrogen-bond acceptors (Lipinski definition) is 5. The number of benzene rings is 2. The van der Waals surface area contributed by atoms with Crippen LogP contribution in [0, 0.1) is 20.8 Å². The van der Waals surface area contributed by atoms with Crippen molar-refractivity contribution in [1.29, 1.82) is 0 Å². The molecule has 0 amide bonds. The molecule has 0 saturated carbocycles. The van der Waals surface area contributed by atoms with Gasteiger partial charge in [0.25, 0.3) is 0 Å². The summed E-state index contributed by atoms with van der Waals surface area (Å²) in [7, 11) is -3.63. The van der Waals surface area contributed by atoms with Gasteiger partial charge in [0.2, 0.25) is 10.0 Å². The van der Waals surface area contributed by atoms with Crippen LogP contribution >= 0.6 is 0 Å². The van der Waals surface area contributed by atoms with Gasteiger partial charge in [-0.2, -0.15) is 4.31 Å². The molecule has 3 aromatic rings. The Balaban J connectivity index is 1.69. The third-order valence-corrected chi connectivity index (χ3v) is 7.28. The van der Waals surface area contributed by atoms with E-state index in [-0.39, 0.29) is 6.04 Å². The zero-order valence-electron chi connectivity index (χ0n) is 16.2.